The molecule has 2 N–H and O–H groups in total. The van der Waals surface area contributed by atoms with E-state index in [1.54, 1.807) is 12.0 Å². The van der Waals surface area contributed by atoms with Crippen LogP contribution in [0.15, 0.2) is 0 Å². The third-order valence-corrected chi connectivity index (χ3v) is 2.84. The molecule has 0 radical (unpaired) electrons. The normalized spacial score (nSPS) is 22.6. The van der Waals surface area contributed by atoms with Gasteiger partial charge >= 0.3 is 6.09 Å². The second-order valence-corrected chi connectivity index (χ2v) is 5.59. The lowest BCUT2D eigenvalue weighted by Crippen LogP contribution is -2.39. The zero-order chi connectivity index (χ0) is 13.1. The molecule has 0 aromatic carbocycles. The fourth-order valence-electron chi connectivity index (χ4n) is 1.96. The SMILES string of the molecule is COCC(N)C1CCN(C(=O)OC(C)(C)C)C1. The van der Waals surface area contributed by atoms with Gasteiger partial charge in [0, 0.05) is 26.2 Å². The monoisotopic (exact) mass is 244 g/mol. The number of nitrogens with two attached hydrogens (primary N) is 1. The van der Waals surface area contributed by atoms with E-state index in [1.807, 2.05) is 20.8 Å². The van der Waals surface area contributed by atoms with Gasteiger partial charge in [0.25, 0.3) is 0 Å². The summed E-state index contributed by atoms with van der Waals surface area (Å²) in [6, 6.07) is -0.00700. The molecule has 0 saturated carbocycles. The molecule has 0 aromatic heterocycles. The van der Waals surface area contributed by atoms with E-state index in [2.05, 4.69) is 0 Å². The van der Waals surface area contributed by atoms with Crippen LogP contribution in [0.1, 0.15) is 27.2 Å². The number of ether oxygens (including phenoxy) is 2. The number of carbonyl (C=O) groups is 1. The number of hydrogen-bond acceptors (Lipinski definition) is 4. The first-order valence-corrected chi connectivity index (χ1v) is 6.06. The van der Waals surface area contributed by atoms with Gasteiger partial charge in [-0.3, -0.25) is 0 Å². The summed E-state index contributed by atoms with van der Waals surface area (Å²) in [5.74, 6) is 0.308. The van der Waals surface area contributed by atoms with E-state index in [9.17, 15) is 4.79 Å². The molecular formula is C12H24N2O3. The predicted octanol–water partition coefficient (Wildman–Crippen LogP) is 1.22. The topological polar surface area (TPSA) is 64.8 Å². The average Bonchev–Trinajstić information content (AvgIpc) is 2.63. The highest BCUT2D eigenvalue weighted by molar-refractivity contribution is 5.68. The van der Waals surface area contributed by atoms with Crippen molar-refractivity contribution in [3.63, 3.8) is 0 Å². The average molecular weight is 244 g/mol. The molecule has 0 bridgehead atoms. The van der Waals surface area contributed by atoms with Gasteiger partial charge in [-0.05, 0) is 33.1 Å². The highest BCUT2D eigenvalue weighted by Gasteiger charge is 2.32. The Hall–Kier alpha value is -0.810. The van der Waals surface area contributed by atoms with Gasteiger partial charge in [-0.25, -0.2) is 4.79 Å². The van der Waals surface area contributed by atoms with Crippen LogP contribution < -0.4 is 5.73 Å². The molecule has 5 nitrogen and oxygen atoms in total. The molecule has 5 heteroatoms. The Morgan fingerprint density at radius 2 is 2.18 bits per heavy atom. The van der Waals surface area contributed by atoms with E-state index in [-0.39, 0.29) is 12.1 Å². The summed E-state index contributed by atoms with van der Waals surface area (Å²) in [7, 11) is 1.64. The van der Waals surface area contributed by atoms with Gasteiger partial charge < -0.3 is 20.1 Å². The lowest BCUT2D eigenvalue weighted by atomic mass is 10.0. The number of hydrogen-bond donors (Lipinski definition) is 1. The van der Waals surface area contributed by atoms with Crippen LogP contribution in [0, 0.1) is 5.92 Å². The standard InChI is InChI=1S/C12H24N2O3/c1-12(2,3)17-11(15)14-6-5-9(7-14)10(13)8-16-4/h9-10H,5-8,13H2,1-4H3. The number of rotatable bonds is 3. The summed E-state index contributed by atoms with van der Waals surface area (Å²) in [5.41, 5.74) is 5.53. The molecule has 1 rings (SSSR count). The summed E-state index contributed by atoms with van der Waals surface area (Å²) < 4.78 is 10.4. The van der Waals surface area contributed by atoms with E-state index in [4.69, 9.17) is 15.2 Å². The van der Waals surface area contributed by atoms with Gasteiger partial charge in [0.1, 0.15) is 5.60 Å². The van der Waals surface area contributed by atoms with Gasteiger partial charge in [0.05, 0.1) is 6.61 Å². The van der Waals surface area contributed by atoms with Gasteiger partial charge in [-0.2, -0.15) is 0 Å². The maximum absolute atomic E-state index is 11.8. The van der Waals surface area contributed by atoms with Crippen LogP contribution in [0.5, 0.6) is 0 Å². The molecule has 1 heterocycles. The van der Waals surface area contributed by atoms with Gasteiger partial charge in [-0.1, -0.05) is 0 Å². The van der Waals surface area contributed by atoms with Crippen molar-refractivity contribution in [1.29, 1.82) is 0 Å². The fraction of sp³-hybridized carbons (Fsp3) is 0.917. The first kappa shape index (κ1) is 14.3. The molecule has 2 unspecified atom stereocenters. The van der Waals surface area contributed by atoms with Crippen molar-refractivity contribution in [2.45, 2.75) is 38.8 Å². The van der Waals surface area contributed by atoms with Gasteiger partial charge in [-0.15, -0.1) is 0 Å². The molecule has 0 aliphatic carbocycles. The Morgan fingerprint density at radius 1 is 1.53 bits per heavy atom. The van der Waals surface area contributed by atoms with Crippen molar-refractivity contribution < 1.29 is 14.3 Å². The minimum absolute atomic E-state index is 0.00700. The quantitative estimate of drug-likeness (QED) is 0.810. The molecular weight excluding hydrogens is 220 g/mol. The number of amides is 1. The number of carbonyl (C=O) groups excluding carboxylic acids is 1. The van der Waals surface area contributed by atoms with Gasteiger partial charge in [0.2, 0.25) is 0 Å². The molecule has 1 amide bonds. The van der Waals surface area contributed by atoms with E-state index >= 15 is 0 Å². The molecule has 17 heavy (non-hydrogen) atoms. The number of likely N-dealkylation sites (tertiary alicyclic amines) is 1. The Morgan fingerprint density at radius 3 is 2.71 bits per heavy atom. The summed E-state index contributed by atoms with van der Waals surface area (Å²) in [4.78, 5) is 13.5. The summed E-state index contributed by atoms with van der Waals surface area (Å²) in [6.07, 6.45) is 0.675. The molecule has 100 valence electrons. The third kappa shape index (κ3) is 4.52. The summed E-state index contributed by atoms with van der Waals surface area (Å²) in [5, 5.41) is 0. The first-order chi connectivity index (χ1) is 7.83. The van der Waals surface area contributed by atoms with Crippen molar-refractivity contribution in [2.24, 2.45) is 11.7 Å². The van der Waals surface area contributed by atoms with E-state index in [1.165, 1.54) is 0 Å². The minimum Gasteiger partial charge on any atom is -0.444 e. The highest BCUT2D eigenvalue weighted by atomic mass is 16.6. The molecule has 1 aliphatic rings. The minimum atomic E-state index is -0.441. The van der Waals surface area contributed by atoms with E-state index < -0.39 is 5.60 Å². The second kappa shape index (κ2) is 5.69. The van der Waals surface area contributed by atoms with E-state index in [0.717, 1.165) is 13.0 Å². The van der Waals surface area contributed by atoms with Crippen LogP contribution in [-0.2, 0) is 9.47 Å². The lowest BCUT2D eigenvalue weighted by molar-refractivity contribution is 0.0283. The Balaban J connectivity index is 2.42. The molecule has 1 fully saturated rings. The van der Waals surface area contributed by atoms with Crippen molar-refractivity contribution in [3.05, 3.63) is 0 Å². The Kier molecular flexibility index (Phi) is 4.77. The lowest BCUT2D eigenvalue weighted by Gasteiger charge is -2.25. The highest BCUT2D eigenvalue weighted by Crippen LogP contribution is 2.21. The van der Waals surface area contributed by atoms with Crippen molar-refractivity contribution >= 4 is 6.09 Å². The largest absolute Gasteiger partial charge is 0.444 e. The van der Waals surface area contributed by atoms with Crippen LogP contribution >= 0.6 is 0 Å². The Labute approximate surface area is 103 Å². The number of methoxy groups -OCH3 is 1. The number of nitrogens with zero attached hydrogens (tertiary/aromatic N) is 1. The fourth-order valence-corrected chi connectivity index (χ4v) is 1.96. The maximum Gasteiger partial charge on any atom is 0.410 e. The first-order valence-electron chi connectivity index (χ1n) is 6.06. The zero-order valence-corrected chi connectivity index (χ0v) is 11.2. The van der Waals surface area contributed by atoms with Crippen LogP contribution in [0.2, 0.25) is 0 Å². The zero-order valence-electron chi connectivity index (χ0n) is 11.2. The molecule has 0 spiro atoms. The van der Waals surface area contributed by atoms with Crippen molar-refractivity contribution in [1.82, 2.24) is 4.90 Å². The van der Waals surface area contributed by atoms with Gasteiger partial charge in [0.15, 0.2) is 0 Å². The molecule has 1 aliphatic heterocycles. The van der Waals surface area contributed by atoms with Crippen molar-refractivity contribution in [2.75, 3.05) is 26.8 Å². The van der Waals surface area contributed by atoms with Crippen LogP contribution in [-0.4, -0.2) is 49.4 Å². The van der Waals surface area contributed by atoms with E-state index in [0.29, 0.717) is 19.1 Å². The second-order valence-electron chi connectivity index (χ2n) is 5.59. The summed E-state index contributed by atoms with van der Waals surface area (Å²) in [6.45, 7) is 7.53. The smallest absolute Gasteiger partial charge is 0.410 e. The maximum atomic E-state index is 11.8. The summed E-state index contributed by atoms with van der Waals surface area (Å²) >= 11 is 0. The molecule has 0 aromatic rings. The molecule has 1 saturated heterocycles. The third-order valence-electron chi connectivity index (χ3n) is 2.84. The van der Waals surface area contributed by atoms with Crippen molar-refractivity contribution in [3.8, 4) is 0 Å². The predicted molar refractivity (Wildman–Crippen MR) is 65.8 cm³/mol. The molecule has 2 atom stereocenters. The van der Waals surface area contributed by atoms with Crippen LogP contribution in [0.4, 0.5) is 4.79 Å². The van der Waals surface area contributed by atoms with Crippen LogP contribution in [0.3, 0.4) is 0 Å². The Bertz CT molecular complexity index is 263. The van der Waals surface area contributed by atoms with Crippen LogP contribution in [0.25, 0.3) is 0 Å².